The number of carbonyl (C=O) groups is 1. The van der Waals surface area contributed by atoms with Crippen molar-refractivity contribution in [2.75, 3.05) is 6.54 Å². The van der Waals surface area contributed by atoms with Crippen LogP contribution < -0.4 is 0 Å². The molecule has 0 radical (unpaired) electrons. The summed E-state index contributed by atoms with van der Waals surface area (Å²) in [5.74, 6) is 0.104. The van der Waals surface area contributed by atoms with Gasteiger partial charge >= 0.3 is 0 Å². The number of amides is 1. The van der Waals surface area contributed by atoms with Crippen LogP contribution in [0.2, 0.25) is 0 Å². The van der Waals surface area contributed by atoms with Crippen molar-refractivity contribution in [3.63, 3.8) is 0 Å². The SMILES string of the molecule is Cc1nc(C)c(C(=O)N2CCCC[C@@H]2c2ccn[nH]2)s1. The summed E-state index contributed by atoms with van der Waals surface area (Å²) in [5, 5.41) is 7.97. The quantitative estimate of drug-likeness (QED) is 0.925. The van der Waals surface area contributed by atoms with Gasteiger partial charge in [0, 0.05) is 12.7 Å². The lowest BCUT2D eigenvalue weighted by molar-refractivity contribution is 0.0610. The molecule has 5 nitrogen and oxygen atoms in total. The molecule has 20 heavy (non-hydrogen) atoms. The number of carbonyl (C=O) groups excluding carboxylic acids is 1. The van der Waals surface area contributed by atoms with E-state index in [1.807, 2.05) is 24.8 Å². The van der Waals surface area contributed by atoms with Crippen molar-refractivity contribution < 1.29 is 4.79 Å². The van der Waals surface area contributed by atoms with E-state index in [4.69, 9.17) is 0 Å². The molecule has 6 heteroatoms. The molecule has 0 bridgehead atoms. The van der Waals surface area contributed by atoms with Crippen LogP contribution in [0.25, 0.3) is 0 Å². The summed E-state index contributed by atoms with van der Waals surface area (Å²) in [7, 11) is 0. The van der Waals surface area contributed by atoms with E-state index < -0.39 is 0 Å². The smallest absolute Gasteiger partial charge is 0.266 e. The van der Waals surface area contributed by atoms with Gasteiger partial charge in [0.15, 0.2) is 0 Å². The molecule has 1 N–H and O–H groups in total. The summed E-state index contributed by atoms with van der Waals surface area (Å²) in [6.45, 7) is 4.65. The number of hydrogen-bond acceptors (Lipinski definition) is 4. The number of H-pyrrole nitrogens is 1. The zero-order valence-electron chi connectivity index (χ0n) is 11.7. The van der Waals surface area contributed by atoms with Crippen LogP contribution in [0.15, 0.2) is 12.3 Å². The average molecular weight is 290 g/mol. The Bertz CT molecular complexity index is 605. The number of hydrogen-bond donors (Lipinski definition) is 1. The van der Waals surface area contributed by atoms with Gasteiger partial charge in [-0.2, -0.15) is 5.10 Å². The Labute approximate surface area is 122 Å². The minimum Gasteiger partial charge on any atom is -0.329 e. The van der Waals surface area contributed by atoms with Crippen LogP contribution in [-0.4, -0.2) is 32.5 Å². The topological polar surface area (TPSA) is 61.9 Å². The molecule has 2 aromatic heterocycles. The number of aromatic amines is 1. The Morgan fingerprint density at radius 1 is 1.45 bits per heavy atom. The van der Waals surface area contributed by atoms with Crippen LogP contribution in [0.1, 0.15) is 51.4 Å². The van der Waals surface area contributed by atoms with Crippen LogP contribution in [-0.2, 0) is 0 Å². The highest BCUT2D eigenvalue weighted by atomic mass is 32.1. The van der Waals surface area contributed by atoms with Crippen molar-refractivity contribution >= 4 is 17.2 Å². The van der Waals surface area contributed by atoms with Crippen LogP contribution in [0, 0.1) is 13.8 Å². The molecular formula is C14H18N4OS. The molecular weight excluding hydrogens is 272 g/mol. The number of thiazole rings is 1. The fourth-order valence-corrected chi connectivity index (χ4v) is 3.69. The lowest BCUT2D eigenvalue weighted by Crippen LogP contribution is -2.38. The van der Waals surface area contributed by atoms with Gasteiger partial charge in [-0.05, 0) is 39.2 Å². The molecule has 1 saturated heterocycles. The highest BCUT2D eigenvalue weighted by molar-refractivity contribution is 7.13. The van der Waals surface area contributed by atoms with Crippen LogP contribution in [0.4, 0.5) is 0 Å². The van der Waals surface area contributed by atoms with Crippen LogP contribution >= 0.6 is 11.3 Å². The third kappa shape index (κ3) is 2.35. The third-order valence-corrected chi connectivity index (χ3v) is 4.80. The number of rotatable bonds is 2. The molecule has 1 fully saturated rings. The fourth-order valence-electron chi connectivity index (χ4n) is 2.81. The second-order valence-electron chi connectivity index (χ2n) is 5.17. The molecule has 2 aromatic rings. The maximum Gasteiger partial charge on any atom is 0.266 e. The van der Waals surface area contributed by atoms with Crippen molar-refractivity contribution in [1.29, 1.82) is 0 Å². The summed E-state index contributed by atoms with van der Waals surface area (Å²) >= 11 is 1.49. The standard InChI is InChI=1S/C14H18N4OS/c1-9-13(20-10(2)16-9)14(19)18-8-4-3-5-12(18)11-6-7-15-17-11/h6-7,12H,3-5,8H2,1-2H3,(H,15,17)/t12-/m1/s1. The molecule has 3 rings (SSSR count). The van der Waals surface area contributed by atoms with Crippen molar-refractivity contribution in [1.82, 2.24) is 20.1 Å². The molecule has 3 heterocycles. The lowest BCUT2D eigenvalue weighted by atomic mass is 9.99. The van der Waals surface area contributed by atoms with E-state index in [2.05, 4.69) is 15.2 Å². The number of piperidine rings is 1. The van der Waals surface area contributed by atoms with Crippen molar-refractivity contribution in [2.24, 2.45) is 0 Å². The molecule has 0 aliphatic carbocycles. The van der Waals surface area contributed by atoms with Gasteiger partial charge in [-0.15, -0.1) is 11.3 Å². The summed E-state index contributed by atoms with van der Waals surface area (Å²) in [4.78, 5) is 19.9. The van der Waals surface area contributed by atoms with Gasteiger partial charge in [-0.1, -0.05) is 0 Å². The Kier molecular flexibility index (Phi) is 3.56. The highest BCUT2D eigenvalue weighted by Gasteiger charge is 2.31. The predicted octanol–water partition coefficient (Wildman–Crippen LogP) is 2.85. The normalized spacial score (nSPS) is 19.3. The minimum absolute atomic E-state index is 0.104. The largest absolute Gasteiger partial charge is 0.329 e. The molecule has 1 aliphatic rings. The number of likely N-dealkylation sites (tertiary alicyclic amines) is 1. The summed E-state index contributed by atoms with van der Waals surface area (Å²) < 4.78 is 0. The van der Waals surface area contributed by atoms with Gasteiger partial charge < -0.3 is 4.90 Å². The lowest BCUT2D eigenvalue weighted by Gasteiger charge is -2.34. The second-order valence-corrected chi connectivity index (χ2v) is 6.37. The molecule has 0 aromatic carbocycles. The first-order valence-electron chi connectivity index (χ1n) is 6.91. The summed E-state index contributed by atoms with van der Waals surface area (Å²) in [5.41, 5.74) is 1.86. The summed E-state index contributed by atoms with van der Waals surface area (Å²) in [6.07, 6.45) is 4.95. The predicted molar refractivity (Wildman–Crippen MR) is 77.8 cm³/mol. The molecule has 0 saturated carbocycles. The number of nitrogens with zero attached hydrogens (tertiary/aromatic N) is 3. The van der Waals surface area contributed by atoms with Gasteiger partial charge in [0.05, 0.1) is 22.4 Å². The molecule has 0 spiro atoms. The van der Waals surface area contributed by atoms with E-state index in [0.717, 1.165) is 47.1 Å². The zero-order valence-corrected chi connectivity index (χ0v) is 12.5. The number of aryl methyl sites for hydroxylation is 2. The Balaban J connectivity index is 1.90. The highest BCUT2D eigenvalue weighted by Crippen LogP contribution is 2.32. The third-order valence-electron chi connectivity index (χ3n) is 3.74. The monoisotopic (exact) mass is 290 g/mol. The first-order valence-corrected chi connectivity index (χ1v) is 7.72. The van der Waals surface area contributed by atoms with E-state index in [-0.39, 0.29) is 11.9 Å². The maximum atomic E-state index is 12.8. The van der Waals surface area contributed by atoms with Gasteiger partial charge in [-0.25, -0.2) is 4.98 Å². The van der Waals surface area contributed by atoms with Crippen molar-refractivity contribution in [3.05, 3.63) is 33.5 Å². The van der Waals surface area contributed by atoms with Gasteiger partial charge in [-0.3, -0.25) is 9.89 Å². The first kappa shape index (κ1) is 13.3. The van der Waals surface area contributed by atoms with E-state index in [9.17, 15) is 4.79 Å². The molecule has 1 atom stereocenters. The van der Waals surface area contributed by atoms with Crippen molar-refractivity contribution in [2.45, 2.75) is 39.2 Å². The Hall–Kier alpha value is -1.69. The second kappa shape index (κ2) is 5.36. The van der Waals surface area contributed by atoms with Crippen molar-refractivity contribution in [3.8, 4) is 0 Å². The number of nitrogens with one attached hydrogen (secondary N) is 1. The Morgan fingerprint density at radius 2 is 2.30 bits per heavy atom. The van der Waals surface area contributed by atoms with E-state index >= 15 is 0 Å². The van der Waals surface area contributed by atoms with E-state index in [1.165, 1.54) is 11.3 Å². The molecule has 0 unspecified atom stereocenters. The zero-order chi connectivity index (χ0) is 14.1. The number of aromatic nitrogens is 3. The van der Waals surface area contributed by atoms with E-state index in [0.29, 0.717) is 0 Å². The average Bonchev–Trinajstić information content (AvgIpc) is 3.07. The Morgan fingerprint density at radius 3 is 2.95 bits per heavy atom. The van der Waals surface area contributed by atoms with Crippen LogP contribution in [0.5, 0.6) is 0 Å². The molecule has 106 valence electrons. The maximum absolute atomic E-state index is 12.8. The molecule has 1 amide bonds. The van der Waals surface area contributed by atoms with E-state index in [1.54, 1.807) is 6.20 Å². The van der Waals surface area contributed by atoms with Gasteiger partial charge in [0.25, 0.3) is 5.91 Å². The summed E-state index contributed by atoms with van der Waals surface area (Å²) in [6, 6.07) is 2.07. The van der Waals surface area contributed by atoms with Gasteiger partial charge in [0.2, 0.25) is 0 Å². The fraction of sp³-hybridized carbons (Fsp3) is 0.500. The van der Waals surface area contributed by atoms with Crippen LogP contribution in [0.3, 0.4) is 0 Å². The van der Waals surface area contributed by atoms with Gasteiger partial charge in [0.1, 0.15) is 4.88 Å². The minimum atomic E-state index is 0.104. The first-order chi connectivity index (χ1) is 9.66. The molecule has 1 aliphatic heterocycles.